The molecule has 88 valence electrons. The van der Waals surface area contributed by atoms with Crippen molar-refractivity contribution >= 4 is 11.9 Å². The van der Waals surface area contributed by atoms with Gasteiger partial charge < -0.3 is 19.6 Å². The molecule has 1 aromatic heterocycles. The van der Waals surface area contributed by atoms with Gasteiger partial charge >= 0.3 is 11.7 Å². The molecular weight excluding hydrogens is 214 g/mol. The van der Waals surface area contributed by atoms with E-state index in [0.717, 1.165) is 4.90 Å². The molecular formula is C9H13N3O4. The second kappa shape index (κ2) is 5.15. The van der Waals surface area contributed by atoms with E-state index < -0.39 is 17.6 Å². The molecule has 7 nitrogen and oxygen atoms in total. The van der Waals surface area contributed by atoms with E-state index in [0.29, 0.717) is 0 Å². The summed E-state index contributed by atoms with van der Waals surface area (Å²) in [7, 11) is 1.45. The van der Waals surface area contributed by atoms with Crippen molar-refractivity contribution in [2.75, 3.05) is 20.2 Å². The SMILES string of the molecule is CCOC(=O)CN(C)C(=O)c1c[nH]c(=O)[nH]1. The van der Waals surface area contributed by atoms with Gasteiger partial charge in [0, 0.05) is 13.2 Å². The normalized spacial score (nSPS) is 9.88. The fourth-order valence-electron chi connectivity index (χ4n) is 1.13. The Bertz CT molecular complexity index is 434. The minimum atomic E-state index is -0.490. The Morgan fingerprint density at radius 3 is 2.69 bits per heavy atom. The van der Waals surface area contributed by atoms with Crippen LogP contribution in [0, 0.1) is 0 Å². The number of H-pyrrole nitrogens is 2. The molecule has 0 fully saturated rings. The number of ether oxygens (including phenoxy) is 1. The highest BCUT2D eigenvalue weighted by molar-refractivity contribution is 5.93. The summed E-state index contributed by atoms with van der Waals surface area (Å²) in [6.45, 7) is 1.80. The Balaban J connectivity index is 2.61. The molecule has 0 radical (unpaired) electrons. The predicted octanol–water partition coefficient (Wildman–Crippen LogP) is -0.662. The molecule has 1 rings (SSSR count). The molecule has 2 N–H and O–H groups in total. The van der Waals surface area contributed by atoms with Crippen molar-refractivity contribution in [1.82, 2.24) is 14.9 Å². The van der Waals surface area contributed by atoms with Gasteiger partial charge in [-0.3, -0.25) is 9.59 Å². The van der Waals surface area contributed by atoms with E-state index in [1.54, 1.807) is 6.92 Å². The molecule has 16 heavy (non-hydrogen) atoms. The summed E-state index contributed by atoms with van der Waals surface area (Å²) in [5, 5.41) is 0. The standard InChI is InChI=1S/C9H13N3O4/c1-3-16-7(13)5-12(2)8(14)6-4-10-9(15)11-6/h4H,3,5H2,1-2H3,(H2,10,11,15). The number of likely N-dealkylation sites (N-methyl/N-ethyl adjacent to an activating group) is 1. The lowest BCUT2D eigenvalue weighted by Gasteiger charge is -2.14. The van der Waals surface area contributed by atoms with E-state index in [9.17, 15) is 14.4 Å². The van der Waals surface area contributed by atoms with Crippen molar-refractivity contribution in [3.05, 3.63) is 22.4 Å². The van der Waals surface area contributed by atoms with Crippen LogP contribution in [0.1, 0.15) is 17.4 Å². The first-order chi connectivity index (χ1) is 7.54. The summed E-state index contributed by atoms with van der Waals surface area (Å²) in [5.41, 5.74) is -0.357. The zero-order valence-corrected chi connectivity index (χ0v) is 9.07. The molecule has 0 spiro atoms. The number of rotatable bonds is 4. The van der Waals surface area contributed by atoms with E-state index in [2.05, 4.69) is 9.97 Å². The lowest BCUT2D eigenvalue weighted by molar-refractivity contribution is -0.143. The van der Waals surface area contributed by atoms with Gasteiger partial charge in [0.2, 0.25) is 0 Å². The second-order valence-corrected chi connectivity index (χ2v) is 3.12. The van der Waals surface area contributed by atoms with Crippen LogP contribution in [0.4, 0.5) is 0 Å². The molecule has 1 heterocycles. The fourth-order valence-corrected chi connectivity index (χ4v) is 1.13. The molecule has 1 amide bonds. The smallest absolute Gasteiger partial charge is 0.325 e. The molecule has 0 aliphatic carbocycles. The van der Waals surface area contributed by atoms with E-state index in [-0.39, 0.29) is 18.8 Å². The number of imidazole rings is 1. The van der Waals surface area contributed by atoms with E-state index >= 15 is 0 Å². The van der Waals surface area contributed by atoms with Gasteiger partial charge in [-0.05, 0) is 6.92 Å². The number of carbonyl (C=O) groups is 2. The first-order valence-corrected chi connectivity index (χ1v) is 4.73. The maximum Gasteiger partial charge on any atom is 0.325 e. The van der Waals surface area contributed by atoms with Gasteiger partial charge in [0.1, 0.15) is 12.2 Å². The fraction of sp³-hybridized carbons (Fsp3) is 0.444. The first kappa shape index (κ1) is 12.0. The Hall–Kier alpha value is -2.05. The topological polar surface area (TPSA) is 95.3 Å². The molecule has 0 atom stereocenters. The van der Waals surface area contributed by atoms with E-state index in [4.69, 9.17) is 4.74 Å². The molecule has 0 unspecified atom stereocenters. The van der Waals surface area contributed by atoms with Gasteiger partial charge in [-0.25, -0.2) is 4.79 Å². The number of aromatic nitrogens is 2. The Morgan fingerprint density at radius 2 is 2.19 bits per heavy atom. The zero-order valence-electron chi connectivity index (χ0n) is 9.07. The van der Waals surface area contributed by atoms with Crippen molar-refractivity contribution in [1.29, 1.82) is 0 Å². The van der Waals surface area contributed by atoms with E-state index in [1.807, 2.05) is 0 Å². The van der Waals surface area contributed by atoms with Crippen molar-refractivity contribution < 1.29 is 14.3 Å². The van der Waals surface area contributed by atoms with Crippen LogP contribution in [-0.4, -0.2) is 46.9 Å². The number of carbonyl (C=O) groups excluding carboxylic acids is 2. The third kappa shape index (κ3) is 2.97. The second-order valence-electron chi connectivity index (χ2n) is 3.12. The Morgan fingerprint density at radius 1 is 1.50 bits per heavy atom. The van der Waals surface area contributed by atoms with Crippen LogP contribution in [0.5, 0.6) is 0 Å². The molecule has 0 aromatic carbocycles. The highest BCUT2D eigenvalue weighted by Crippen LogP contribution is 1.96. The lowest BCUT2D eigenvalue weighted by atomic mass is 10.4. The quantitative estimate of drug-likeness (QED) is 0.667. The van der Waals surface area contributed by atoms with Crippen LogP contribution in [0.2, 0.25) is 0 Å². The molecule has 7 heteroatoms. The predicted molar refractivity (Wildman–Crippen MR) is 55.0 cm³/mol. The Kier molecular flexibility index (Phi) is 3.87. The monoisotopic (exact) mass is 227 g/mol. The van der Waals surface area contributed by atoms with Crippen LogP contribution in [-0.2, 0) is 9.53 Å². The summed E-state index contributed by atoms with van der Waals surface area (Å²) in [6.07, 6.45) is 1.26. The van der Waals surface area contributed by atoms with Crippen molar-refractivity contribution in [2.45, 2.75) is 6.92 Å². The minimum absolute atomic E-state index is 0.108. The average Bonchev–Trinajstić information content (AvgIpc) is 2.64. The van der Waals surface area contributed by atoms with Crippen LogP contribution in [0.15, 0.2) is 11.0 Å². The van der Waals surface area contributed by atoms with Crippen LogP contribution < -0.4 is 5.69 Å². The summed E-state index contributed by atoms with van der Waals surface area (Å²) in [6, 6.07) is 0. The number of nitrogens with zero attached hydrogens (tertiary/aromatic N) is 1. The van der Waals surface area contributed by atoms with Gasteiger partial charge in [-0.15, -0.1) is 0 Å². The van der Waals surface area contributed by atoms with Gasteiger partial charge in [0.15, 0.2) is 0 Å². The largest absolute Gasteiger partial charge is 0.465 e. The van der Waals surface area contributed by atoms with Crippen molar-refractivity contribution in [3.8, 4) is 0 Å². The Labute approximate surface area is 91.4 Å². The highest BCUT2D eigenvalue weighted by atomic mass is 16.5. The molecule has 0 saturated carbocycles. The summed E-state index contributed by atoms with van der Waals surface area (Å²) < 4.78 is 4.69. The zero-order chi connectivity index (χ0) is 12.1. The molecule has 0 aliphatic rings. The van der Waals surface area contributed by atoms with Crippen molar-refractivity contribution in [2.24, 2.45) is 0 Å². The highest BCUT2D eigenvalue weighted by Gasteiger charge is 2.16. The van der Waals surface area contributed by atoms with Gasteiger partial charge in [0.25, 0.3) is 5.91 Å². The third-order valence-electron chi connectivity index (χ3n) is 1.84. The third-order valence-corrected chi connectivity index (χ3v) is 1.84. The number of aromatic amines is 2. The maximum atomic E-state index is 11.6. The molecule has 0 saturated heterocycles. The summed E-state index contributed by atoms with van der Waals surface area (Å²) in [4.78, 5) is 39.3. The maximum absolute atomic E-state index is 11.6. The summed E-state index contributed by atoms with van der Waals surface area (Å²) in [5.74, 6) is -0.942. The molecule has 0 bridgehead atoms. The lowest BCUT2D eigenvalue weighted by Crippen LogP contribution is -2.33. The van der Waals surface area contributed by atoms with E-state index in [1.165, 1.54) is 13.2 Å². The van der Waals surface area contributed by atoms with Crippen LogP contribution >= 0.6 is 0 Å². The van der Waals surface area contributed by atoms with Gasteiger partial charge in [0.05, 0.1) is 6.61 Å². The minimum Gasteiger partial charge on any atom is -0.465 e. The number of esters is 1. The first-order valence-electron chi connectivity index (χ1n) is 4.73. The molecule has 1 aromatic rings. The number of hydrogen-bond donors (Lipinski definition) is 2. The van der Waals surface area contributed by atoms with Gasteiger partial charge in [-0.1, -0.05) is 0 Å². The average molecular weight is 227 g/mol. The number of amides is 1. The van der Waals surface area contributed by atoms with Crippen LogP contribution in [0.3, 0.4) is 0 Å². The van der Waals surface area contributed by atoms with Gasteiger partial charge in [-0.2, -0.15) is 0 Å². The molecule has 0 aliphatic heterocycles. The summed E-state index contributed by atoms with van der Waals surface area (Å²) >= 11 is 0. The number of hydrogen-bond acceptors (Lipinski definition) is 4. The van der Waals surface area contributed by atoms with Crippen molar-refractivity contribution in [3.63, 3.8) is 0 Å². The number of nitrogens with one attached hydrogen (secondary N) is 2. The van der Waals surface area contributed by atoms with Crippen LogP contribution in [0.25, 0.3) is 0 Å².